The number of nitrogens with one attached hydrogen (secondary N) is 1. The molecule has 0 amide bonds. The maximum Gasteiger partial charge on any atom is 0.387 e. The molecule has 0 radical (unpaired) electrons. The number of carboxylic acid groups (broad SMARTS) is 1. The predicted molar refractivity (Wildman–Crippen MR) is 78.8 cm³/mol. The zero-order chi connectivity index (χ0) is 17.6. The van der Waals surface area contributed by atoms with E-state index in [4.69, 9.17) is 5.11 Å². The number of aliphatic carboxylic acids is 1. The van der Waals surface area contributed by atoms with Gasteiger partial charge in [-0.1, -0.05) is 26.0 Å². The standard InChI is InChI=1S/C14H19F2NO5S/c1-9(2)7-10(13(18)19)8-17-23(20,21)12-6-4-3-5-11(12)22-14(15)16/h3-6,9-10,14,17H,7-8H2,1-2H3,(H,18,19). The van der Waals surface area contributed by atoms with Crippen LogP contribution >= 0.6 is 0 Å². The topological polar surface area (TPSA) is 92.7 Å². The molecule has 0 saturated heterocycles. The Kier molecular flexibility index (Phi) is 6.89. The molecular formula is C14H19F2NO5S. The summed E-state index contributed by atoms with van der Waals surface area (Å²) in [5, 5.41) is 9.10. The van der Waals surface area contributed by atoms with Crippen molar-refractivity contribution in [1.82, 2.24) is 4.72 Å². The van der Waals surface area contributed by atoms with Gasteiger partial charge in [-0.15, -0.1) is 0 Å². The molecule has 1 atom stereocenters. The summed E-state index contributed by atoms with van der Waals surface area (Å²) in [6.07, 6.45) is 0.285. The number of carboxylic acids is 1. The van der Waals surface area contributed by atoms with Crippen LogP contribution in [0.5, 0.6) is 5.75 Å². The summed E-state index contributed by atoms with van der Waals surface area (Å²) in [6, 6.07) is 4.92. The van der Waals surface area contributed by atoms with E-state index in [1.165, 1.54) is 12.1 Å². The second-order valence-electron chi connectivity index (χ2n) is 5.34. The smallest absolute Gasteiger partial charge is 0.387 e. The lowest BCUT2D eigenvalue weighted by molar-refractivity contribution is -0.142. The molecule has 1 aromatic carbocycles. The minimum Gasteiger partial charge on any atom is -0.481 e. The first kappa shape index (κ1) is 19.3. The Morgan fingerprint density at radius 3 is 2.43 bits per heavy atom. The summed E-state index contributed by atoms with van der Waals surface area (Å²) < 4.78 is 55.4. The van der Waals surface area contributed by atoms with Crippen molar-refractivity contribution in [2.45, 2.75) is 31.8 Å². The van der Waals surface area contributed by atoms with Crippen molar-refractivity contribution in [2.75, 3.05) is 6.54 Å². The Balaban J connectivity index is 2.93. The van der Waals surface area contributed by atoms with E-state index < -0.39 is 39.2 Å². The van der Waals surface area contributed by atoms with Crippen LogP contribution in [0.25, 0.3) is 0 Å². The third-order valence-corrected chi connectivity index (χ3v) is 4.44. The Morgan fingerprint density at radius 1 is 1.30 bits per heavy atom. The summed E-state index contributed by atoms with van der Waals surface area (Å²) in [7, 11) is -4.17. The second kappa shape index (κ2) is 8.21. The molecule has 23 heavy (non-hydrogen) atoms. The van der Waals surface area contributed by atoms with Gasteiger partial charge in [0.1, 0.15) is 10.6 Å². The zero-order valence-electron chi connectivity index (χ0n) is 12.7. The van der Waals surface area contributed by atoms with Crippen LogP contribution in [-0.2, 0) is 14.8 Å². The van der Waals surface area contributed by atoms with Gasteiger partial charge >= 0.3 is 12.6 Å². The second-order valence-corrected chi connectivity index (χ2v) is 7.08. The number of rotatable bonds is 9. The van der Waals surface area contributed by atoms with E-state index in [0.717, 1.165) is 12.1 Å². The molecule has 0 spiro atoms. The van der Waals surface area contributed by atoms with Crippen LogP contribution in [0, 0.1) is 11.8 Å². The van der Waals surface area contributed by atoms with Gasteiger partial charge in [0.15, 0.2) is 0 Å². The largest absolute Gasteiger partial charge is 0.481 e. The molecule has 9 heteroatoms. The van der Waals surface area contributed by atoms with E-state index in [2.05, 4.69) is 9.46 Å². The summed E-state index contributed by atoms with van der Waals surface area (Å²) in [5.41, 5.74) is 0. The Morgan fingerprint density at radius 2 is 1.91 bits per heavy atom. The van der Waals surface area contributed by atoms with Gasteiger partial charge in [-0.05, 0) is 24.5 Å². The summed E-state index contributed by atoms with van der Waals surface area (Å²) >= 11 is 0. The number of halogens is 2. The fourth-order valence-electron chi connectivity index (χ4n) is 1.99. The normalized spacial score (nSPS) is 13.3. The van der Waals surface area contributed by atoms with Gasteiger partial charge in [-0.25, -0.2) is 13.1 Å². The van der Waals surface area contributed by atoms with Crippen LogP contribution in [0.1, 0.15) is 20.3 Å². The number of alkyl halides is 2. The highest BCUT2D eigenvalue weighted by Crippen LogP contribution is 2.25. The summed E-state index contributed by atoms with van der Waals surface area (Å²) in [6.45, 7) is 0.129. The Hall–Kier alpha value is -1.74. The molecule has 0 fully saturated rings. The third-order valence-electron chi connectivity index (χ3n) is 2.98. The fraction of sp³-hybridized carbons (Fsp3) is 0.500. The zero-order valence-corrected chi connectivity index (χ0v) is 13.5. The van der Waals surface area contributed by atoms with Gasteiger partial charge in [0.25, 0.3) is 0 Å². The van der Waals surface area contributed by atoms with Crippen LogP contribution in [0.15, 0.2) is 29.2 Å². The summed E-state index contributed by atoms with van der Waals surface area (Å²) in [5.74, 6) is -2.47. The highest BCUT2D eigenvalue weighted by Gasteiger charge is 2.25. The quantitative estimate of drug-likeness (QED) is 0.712. The monoisotopic (exact) mass is 351 g/mol. The summed E-state index contributed by atoms with van der Waals surface area (Å²) in [4.78, 5) is 10.7. The molecule has 2 N–H and O–H groups in total. The molecule has 0 aliphatic carbocycles. The number of sulfonamides is 1. The van der Waals surface area contributed by atoms with E-state index in [0.29, 0.717) is 0 Å². The molecule has 1 unspecified atom stereocenters. The first-order chi connectivity index (χ1) is 10.6. The van der Waals surface area contributed by atoms with Crippen LogP contribution in [0.4, 0.5) is 8.78 Å². The van der Waals surface area contributed by atoms with E-state index in [-0.39, 0.29) is 18.9 Å². The van der Waals surface area contributed by atoms with Crippen molar-refractivity contribution in [3.8, 4) is 5.75 Å². The van der Waals surface area contributed by atoms with Crippen molar-refractivity contribution in [3.63, 3.8) is 0 Å². The van der Waals surface area contributed by atoms with E-state index >= 15 is 0 Å². The number of benzene rings is 1. The molecule has 1 rings (SSSR count). The molecule has 0 saturated carbocycles. The van der Waals surface area contributed by atoms with Crippen LogP contribution in [0.2, 0.25) is 0 Å². The van der Waals surface area contributed by atoms with Crippen LogP contribution in [0.3, 0.4) is 0 Å². The van der Waals surface area contributed by atoms with Crippen molar-refractivity contribution in [3.05, 3.63) is 24.3 Å². The molecule has 0 heterocycles. The van der Waals surface area contributed by atoms with Gasteiger partial charge in [0.2, 0.25) is 10.0 Å². The highest BCUT2D eigenvalue weighted by atomic mass is 32.2. The minimum absolute atomic E-state index is 0.0649. The number of carbonyl (C=O) groups is 1. The SMILES string of the molecule is CC(C)CC(CNS(=O)(=O)c1ccccc1OC(F)F)C(=O)O. The van der Waals surface area contributed by atoms with E-state index in [1.807, 2.05) is 13.8 Å². The lowest BCUT2D eigenvalue weighted by atomic mass is 9.98. The third kappa shape index (κ3) is 6.11. The number of ether oxygens (including phenoxy) is 1. The Bertz CT molecular complexity index is 634. The maximum absolute atomic E-state index is 12.3. The van der Waals surface area contributed by atoms with Crippen LogP contribution < -0.4 is 9.46 Å². The fourth-order valence-corrected chi connectivity index (χ4v) is 3.21. The number of para-hydroxylation sites is 1. The van der Waals surface area contributed by atoms with Crippen molar-refractivity contribution >= 4 is 16.0 Å². The average molecular weight is 351 g/mol. The molecule has 0 aliphatic rings. The van der Waals surface area contributed by atoms with Crippen molar-refractivity contribution in [1.29, 1.82) is 0 Å². The highest BCUT2D eigenvalue weighted by molar-refractivity contribution is 7.89. The molecule has 0 aliphatic heterocycles. The molecule has 0 aromatic heterocycles. The predicted octanol–water partition coefficient (Wildman–Crippen LogP) is 2.31. The molecule has 6 nitrogen and oxygen atoms in total. The first-order valence-electron chi connectivity index (χ1n) is 6.89. The molecule has 1 aromatic rings. The van der Waals surface area contributed by atoms with Gasteiger partial charge in [0, 0.05) is 6.54 Å². The average Bonchev–Trinajstić information content (AvgIpc) is 2.42. The molecule has 130 valence electrons. The van der Waals surface area contributed by atoms with Gasteiger partial charge < -0.3 is 9.84 Å². The van der Waals surface area contributed by atoms with Crippen LogP contribution in [-0.4, -0.2) is 32.6 Å². The van der Waals surface area contributed by atoms with Crippen molar-refractivity contribution in [2.24, 2.45) is 11.8 Å². The lowest BCUT2D eigenvalue weighted by Crippen LogP contribution is -2.34. The molecule has 0 bridgehead atoms. The van der Waals surface area contributed by atoms with E-state index in [9.17, 15) is 22.0 Å². The van der Waals surface area contributed by atoms with E-state index in [1.54, 1.807) is 0 Å². The Labute approximate surface area is 133 Å². The van der Waals surface area contributed by atoms with Gasteiger partial charge in [-0.3, -0.25) is 4.79 Å². The lowest BCUT2D eigenvalue weighted by Gasteiger charge is -2.16. The van der Waals surface area contributed by atoms with Gasteiger partial charge in [-0.2, -0.15) is 8.78 Å². The first-order valence-corrected chi connectivity index (χ1v) is 8.38. The van der Waals surface area contributed by atoms with Crippen molar-refractivity contribution < 1.29 is 31.8 Å². The number of hydrogen-bond acceptors (Lipinski definition) is 4. The number of hydrogen-bond donors (Lipinski definition) is 2. The minimum atomic E-state index is -4.17. The molecular weight excluding hydrogens is 332 g/mol. The van der Waals surface area contributed by atoms with Gasteiger partial charge in [0.05, 0.1) is 5.92 Å². The maximum atomic E-state index is 12.3.